The van der Waals surface area contributed by atoms with E-state index in [1.165, 1.54) is 6.92 Å². The fraction of sp³-hybridized carbons (Fsp3) is 0.167. The van der Waals surface area contributed by atoms with Gasteiger partial charge >= 0.3 is 0 Å². The topological polar surface area (TPSA) is 60.2 Å². The third kappa shape index (κ3) is 6.37. The second kappa shape index (κ2) is 4.27. The molecule has 0 aromatic rings. The van der Waals surface area contributed by atoms with Crippen molar-refractivity contribution in [2.75, 3.05) is 0 Å². The van der Waals surface area contributed by atoms with Gasteiger partial charge in [-0.2, -0.15) is 0 Å². The van der Waals surface area contributed by atoms with Gasteiger partial charge in [-0.1, -0.05) is 5.92 Å². The van der Waals surface area contributed by atoms with E-state index in [0.717, 1.165) is 6.08 Å². The molecule has 0 aromatic carbocycles. The summed E-state index contributed by atoms with van der Waals surface area (Å²) in [5.41, 5.74) is 0. The van der Waals surface area contributed by atoms with E-state index < -0.39 is 4.92 Å². The van der Waals surface area contributed by atoms with Gasteiger partial charge in [0.05, 0.1) is 11.0 Å². The fourth-order valence-electron chi connectivity index (χ4n) is 0.241. The molecule has 10 heavy (non-hydrogen) atoms. The van der Waals surface area contributed by atoms with Crippen molar-refractivity contribution in [3.63, 3.8) is 0 Å². The molecule has 0 aliphatic carbocycles. The molecule has 0 spiro atoms. The molecule has 0 rings (SSSR count). The Morgan fingerprint density at radius 2 is 2.30 bits per heavy atom. The summed E-state index contributed by atoms with van der Waals surface area (Å²) in [5, 5.41) is 9.61. The van der Waals surface area contributed by atoms with Crippen LogP contribution in [0.5, 0.6) is 0 Å². The van der Waals surface area contributed by atoms with Crippen LogP contribution < -0.4 is 0 Å². The zero-order valence-electron chi connectivity index (χ0n) is 5.33. The first-order valence-corrected chi connectivity index (χ1v) is 2.45. The molecule has 4 nitrogen and oxygen atoms in total. The van der Waals surface area contributed by atoms with Crippen LogP contribution in [0.4, 0.5) is 0 Å². The second-order valence-corrected chi connectivity index (χ2v) is 1.43. The van der Waals surface area contributed by atoms with E-state index >= 15 is 0 Å². The molecule has 4 heteroatoms. The van der Waals surface area contributed by atoms with Crippen molar-refractivity contribution in [3.8, 4) is 11.8 Å². The molecular formula is C6H5NO3. The minimum atomic E-state index is -0.644. The smallest absolute Gasteiger partial charge is 0.242 e. The molecule has 0 saturated heterocycles. The van der Waals surface area contributed by atoms with Crippen LogP contribution in [0.2, 0.25) is 0 Å². The number of carbonyl (C=O) groups is 1. The zero-order valence-corrected chi connectivity index (χ0v) is 5.33. The first-order valence-electron chi connectivity index (χ1n) is 2.45. The van der Waals surface area contributed by atoms with Crippen molar-refractivity contribution in [3.05, 3.63) is 22.4 Å². The van der Waals surface area contributed by atoms with Crippen LogP contribution in [0.3, 0.4) is 0 Å². The summed E-state index contributed by atoms with van der Waals surface area (Å²) < 4.78 is 0. The Hall–Kier alpha value is -1.63. The Labute approximate surface area is 57.7 Å². The first kappa shape index (κ1) is 8.37. The Balaban J connectivity index is 3.87. The molecule has 0 heterocycles. The molecule has 0 aliphatic heterocycles. The minimum Gasteiger partial charge on any atom is -0.285 e. The molecule has 0 N–H and O–H groups in total. The van der Waals surface area contributed by atoms with Crippen LogP contribution in [0.25, 0.3) is 0 Å². The van der Waals surface area contributed by atoms with Gasteiger partial charge in [0.15, 0.2) is 0 Å². The lowest BCUT2D eigenvalue weighted by molar-refractivity contribution is -0.402. The summed E-state index contributed by atoms with van der Waals surface area (Å²) >= 11 is 0. The molecule has 52 valence electrons. The Morgan fingerprint density at radius 3 is 2.70 bits per heavy atom. The highest BCUT2D eigenvalue weighted by atomic mass is 16.6. The number of allylic oxidation sites excluding steroid dienone is 1. The number of nitrogens with zero attached hydrogens (tertiary/aromatic N) is 1. The maximum atomic E-state index is 10.1. The first-order chi connectivity index (χ1) is 4.63. The number of Topliss-reactive ketones (excluding diaryl/α,β-unsaturated/α-hetero) is 1. The normalized spacial score (nSPS) is 8.50. The van der Waals surface area contributed by atoms with Crippen molar-refractivity contribution in [2.45, 2.75) is 6.92 Å². The lowest BCUT2D eigenvalue weighted by atomic mass is 10.4. The van der Waals surface area contributed by atoms with Gasteiger partial charge in [0.2, 0.25) is 12.0 Å². The van der Waals surface area contributed by atoms with Gasteiger partial charge < -0.3 is 0 Å². The van der Waals surface area contributed by atoms with Crippen molar-refractivity contribution < 1.29 is 9.72 Å². The van der Waals surface area contributed by atoms with Gasteiger partial charge in [-0.15, -0.1) is 0 Å². The minimum absolute atomic E-state index is 0.312. The summed E-state index contributed by atoms with van der Waals surface area (Å²) in [5.74, 6) is 4.00. The third-order valence-electron chi connectivity index (χ3n) is 0.528. The largest absolute Gasteiger partial charge is 0.285 e. The lowest BCUT2D eigenvalue weighted by Crippen LogP contribution is -1.82. The molecule has 0 unspecified atom stereocenters. The summed E-state index contributed by atoms with van der Waals surface area (Å²) in [4.78, 5) is 19.1. The molecular weight excluding hydrogens is 134 g/mol. The van der Waals surface area contributed by atoms with E-state index in [1.807, 2.05) is 0 Å². The quantitative estimate of drug-likeness (QED) is 0.228. The monoisotopic (exact) mass is 139 g/mol. The molecule has 0 aromatic heterocycles. The molecule has 0 radical (unpaired) electrons. The van der Waals surface area contributed by atoms with Crippen LogP contribution in [0, 0.1) is 22.0 Å². The van der Waals surface area contributed by atoms with Crippen molar-refractivity contribution in [1.82, 2.24) is 0 Å². The number of nitro groups is 1. The molecule has 0 atom stereocenters. The Morgan fingerprint density at radius 1 is 1.70 bits per heavy atom. The number of carbonyl (C=O) groups excluding carboxylic acids is 1. The van der Waals surface area contributed by atoms with E-state index in [-0.39, 0.29) is 5.78 Å². The van der Waals surface area contributed by atoms with Crippen molar-refractivity contribution in [2.24, 2.45) is 0 Å². The Bertz CT molecular complexity index is 231. The van der Waals surface area contributed by atoms with E-state index in [4.69, 9.17) is 0 Å². The van der Waals surface area contributed by atoms with Gasteiger partial charge in [-0.3, -0.25) is 14.9 Å². The van der Waals surface area contributed by atoms with Crippen LogP contribution in [0.1, 0.15) is 6.92 Å². The van der Waals surface area contributed by atoms with Crippen LogP contribution >= 0.6 is 0 Å². The van der Waals surface area contributed by atoms with Crippen molar-refractivity contribution >= 4 is 5.78 Å². The Kier molecular flexibility index (Phi) is 3.57. The third-order valence-corrected chi connectivity index (χ3v) is 0.528. The number of hydrogen-bond acceptors (Lipinski definition) is 3. The predicted octanol–water partition coefficient (Wildman–Crippen LogP) is 0.369. The van der Waals surface area contributed by atoms with E-state index in [2.05, 4.69) is 11.8 Å². The van der Waals surface area contributed by atoms with Gasteiger partial charge in [-0.05, 0) is 5.92 Å². The molecule has 0 bridgehead atoms. The summed E-state index contributed by atoms with van der Waals surface area (Å²) in [6.45, 7) is 1.28. The summed E-state index contributed by atoms with van der Waals surface area (Å²) in [6, 6.07) is 0. The van der Waals surface area contributed by atoms with Crippen LogP contribution in [0.15, 0.2) is 12.3 Å². The van der Waals surface area contributed by atoms with Crippen LogP contribution in [-0.2, 0) is 4.79 Å². The van der Waals surface area contributed by atoms with Gasteiger partial charge in [0.25, 0.3) is 0 Å². The van der Waals surface area contributed by atoms with Gasteiger partial charge in [0, 0.05) is 6.92 Å². The maximum Gasteiger partial charge on any atom is 0.242 e. The zero-order chi connectivity index (χ0) is 7.98. The standard InChI is InChI=1S/C6H5NO3/c1-6(8)4-2-3-5-7(9)10/h3,5H,1H3/b5-3+. The molecule has 0 saturated carbocycles. The molecule has 0 aliphatic rings. The van der Waals surface area contributed by atoms with Crippen molar-refractivity contribution in [1.29, 1.82) is 0 Å². The number of rotatable bonds is 1. The maximum absolute atomic E-state index is 10.1. The van der Waals surface area contributed by atoms with E-state index in [0.29, 0.717) is 6.20 Å². The van der Waals surface area contributed by atoms with E-state index in [1.54, 1.807) is 0 Å². The van der Waals surface area contributed by atoms with Crippen LogP contribution in [-0.4, -0.2) is 10.7 Å². The van der Waals surface area contributed by atoms with E-state index in [9.17, 15) is 14.9 Å². The lowest BCUT2D eigenvalue weighted by Gasteiger charge is -1.70. The highest BCUT2D eigenvalue weighted by Crippen LogP contribution is 1.71. The van der Waals surface area contributed by atoms with Gasteiger partial charge in [0.1, 0.15) is 0 Å². The fourth-order valence-corrected chi connectivity index (χ4v) is 0.241. The predicted molar refractivity (Wildman–Crippen MR) is 34.6 cm³/mol. The van der Waals surface area contributed by atoms with Gasteiger partial charge in [-0.25, -0.2) is 0 Å². The number of ketones is 1. The highest BCUT2D eigenvalue weighted by molar-refractivity contribution is 5.93. The average molecular weight is 139 g/mol. The molecule has 0 fully saturated rings. The summed E-state index contributed by atoms with van der Waals surface area (Å²) in [7, 11) is 0. The SMILES string of the molecule is CC(=O)C#C/C=C/[N+](=O)[O-]. The molecule has 0 amide bonds. The number of hydrogen-bond donors (Lipinski definition) is 0. The average Bonchev–Trinajstić information content (AvgIpc) is 1.79. The highest BCUT2D eigenvalue weighted by Gasteiger charge is 1.79. The second-order valence-electron chi connectivity index (χ2n) is 1.43. The summed E-state index contributed by atoms with van der Waals surface area (Å²) in [6.07, 6.45) is 1.69.